The molecule has 0 aliphatic rings. The molecule has 1 heterocycles. The number of halogens is 2. The topological polar surface area (TPSA) is 93.0 Å². The van der Waals surface area contributed by atoms with E-state index in [0.29, 0.717) is 22.3 Å². The molecule has 2 rings (SSSR count). The van der Waals surface area contributed by atoms with Crippen LogP contribution in [0.15, 0.2) is 24.5 Å². The Morgan fingerprint density at radius 1 is 0.829 bits per heavy atom. The molecule has 0 fully saturated rings. The number of hydrogen-bond acceptors (Lipinski definition) is 6. The smallest absolute Gasteiger partial charge is 0.353 e. The maximum absolute atomic E-state index is 11.7. The van der Waals surface area contributed by atoms with Gasteiger partial charge in [-0.2, -0.15) is 0 Å². The number of rotatable bonds is 19. The Morgan fingerprint density at radius 3 is 1.94 bits per heavy atom. The average Bonchev–Trinajstić information content (AvgIpc) is 2.83. The third-order valence-electron chi connectivity index (χ3n) is 6.01. The van der Waals surface area contributed by atoms with Gasteiger partial charge in [0.15, 0.2) is 0 Å². The van der Waals surface area contributed by atoms with Gasteiger partial charge in [0.25, 0.3) is 0 Å². The molecule has 2 N–H and O–H groups in total. The highest BCUT2D eigenvalue weighted by Gasteiger charge is 2.23. The monoisotopic (exact) mass is 523 g/mol. The van der Waals surface area contributed by atoms with Crippen LogP contribution in [0.4, 0.5) is 23.0 Å². The van der Waals surface area contributed by atoms with Crippen molar-refractivity contribution in [3.8, 4) is 0 Å². The van der Waals surface area contributed by atoms with Gasteiger partial charge in [0, 0.05) is 11.6 Å². The van der Waals surface area contributed by atoms with Crippen molar-refractivity contribution in [3.05, 3.63) is 44.7 Å². The first-order valence-corrected chi connectivity index (χ1v) is 13.7. The molecule has 1 aromatic carbocycles. The number of aromatic nitrogens is 2. The largest absolute Gasteiger partial charge is 0.364 e. The first-order valence-electron chi connectivity index (χ1n) is 13.0. The summed E-state index contributed by atoms with van der Waals surface area (Å²) >= 11 is 12.2. The van der Waals surface area contributed by atoms with E-state index in [1.165, 1.54) is 83.4 Å². The van der Waals surface area contributed by atoms with Crippen molar-refractivity contribution < 1.29 is 4.92 Å². The van der Waals surface area contributed by atoms with Crippen molar-refractivity contribution >= 4 is 46.2 Å². The van der Waals surface area contributed by atoms with E-state index in [0.717, 1.165) is 12.8 Å². The van der Waals surface area contributed by atoms with Crippen LogP contribution in [-0.2, 0) is 0 Å². The van der Waals surface area contributed by atoms with Gasteiger partial charge in [-0.25, -0.2) is 9.97 Å². The molecule has 1 aromatic heterocycles. The molecule has 0 unspecified atom stereocenters. The highest BCUT2D eigenvalue weighted by atomic mass is 35.5. The van der Waals surface area contributed by atoms with Gasteiger partial charge in [-0.05, 0) is 24.6 Å². The molecule has 0 amide bonds. The van der Waals surface area contributed by atoms with E-state index in [1.54, 1.807) is 18.2 Å². The van der Waals surface area contributed by atoms with Crippen molar-refractivity contribution in [2.75, 3.05) is 17.2 Å². The van der Waals surface area contributed by atoms with E-state index in [-0.39, 0.29) is 17.3 Å². The molecule has 0 spiro atoms. The second kappa shape index (κ2) is 17.3. The minimum absolute atomic E-state index is 0.0672. The number of anilines is 3. The zero-order chi connectivity index (χ0) is 25.3. The molecule has 9 heteroatoms. The normalized spacial score (nSPS) is 10.9. The molecular weight excluding hydrogens is 485 g/mol. The number of hydrogen-bond donors (Lipinski definition) is 2. The van der Waals surface area contributed by atoms with Gasteiger partial charge < -0.3 is 10.6 Å². The fourth-order valence-corrected chi connectivity index (χ4v) is 4.36. The van der Waals surface area contributed by atoms with Gasteiger partial charge in [-0.1, -0.05) is 114 Å². The maximum atomic E-state index is 11.7. The summed E-state index contributed by atoms with van der Waals surface area (Å²) in [6.07, 6.45) is 19.3. The van der Waals surface area contributed by atoms with Crippen molar-refractivity contribution in [2.24, 2.45) is 0 Å². The molecule has 35 heavy (non-hydrogen) atoms. The second-order valence-corrected chi connectivity index (χ2v) is 9.79. The van der Waals surface area contributed by atoms with Crippen LogP contribution in [-0.4, -0.2) is 21.4 Å². The number of benzene rings is 1. The van der Waals surface area contributed by atoms with Crippen molar-refractivity contribution in [2.45, 2.75) is 96.8 Å². The predicted octanol–water partition coefficient (Wildman–Crippen LogP) is 9.33. The van der Waals surface area contributed by atoms with Crippen molar-refractivity contribution in [3.63, 3.8) is 0 Å². The Bertz CT molecular complexity index is 898. The molecule has 0 bridgehead atoms. The van der Waals surface area contributed by atoms with Crippen LogP contribution in [0.25, 0.3) is 0 Å². The van der Waals surface area contributed by atoms with Crippen LogP contribution in [0.2, 0.25) is 10.0 Å². The zero-order valence-electron chi connectivity index (χ0n) is 20.8. The Balaban J connectivity index is 1.65. The van der Waals surface area contributed by atoms with Crippen molar-refractivity contribution in [1.29, 1.82) is 0 Å². The lowest BCUT2D eigenvalue weighted by atomic mass is 10.0. The van der Waals surface area contributed by atoms with Crippen LogP contribution in [0.5, 0.6) is 0 Å². The minimum atomic E-state index is -0.492. The summed E-state index contributed by atoms with van der Waals surface area (Å²) in [6.45, 7) is 2.88. The zero-order valence-corrected chi connectivity index (χ0v) is 22.3. The summed E-state index contributed by atoms with van der Waals surface area (Å²) in [5.41, 5.74) is 0.229. The number of unbranched alkanes of at least 4 members (excludes halogenated alkanes) is 13. The molecule has 0 saturated heterocycles. The highest BCUT2D eigenvalue weighted by Crippen LogP contribution is 2.34. The molecule has 7 nitrogen and oxygen atoms in total. The lowest BCUT2D eigenvalue weighted by Crippen LogP contribution is -2.09. The summed E-state index contributed by atoms with van der Waals surface area (Å²) in [6, 6.07) is 4.86. The molecular formula is C26H39Cl2N5O2. The standard InChI is InChI=1S/C26H39Cl2N5O2/c1-2-3-4-5-6-7-8-9-10-11-12-13-14-15-18-29-25-24(33(34)35)26(31-20-30-25)32-23-19-21(27)16-17-22(23)28/h16-17,19-20H,2-15,18H2,1H3,(H2,29,30,31,32). The van der Waals surface area contributed by atoms with Gasteiger partial charge in [-0.3, -0.25) is 10.1 Å². The van der Waals surface area contributed by atoms with Gasteiger partial charge in [0.05, 0.1) is 15.6 Å². The fourth-order valence-electron chi connectivity index (χ4n) is 4.02. The van der Waals surface area contributed by atoms with Gasteiger partial charge >= 0.3 is 5.69 Å². The Labute approximate surface area is 219 Å². The molecule has 0 atom stereocenters. The number of nitro groups is 1. The number of nitrogens with zero attached hydrogens (tertiary/aromatic N) is 3. The van der Waals surface area contributed by atoms with Gasteiger partial charge in [0.1, 0.15) is 6.33 Å². The molecule has 0 saturated carbocycles. The van der Waals surface area contributed by atoms with Gasteiger partial charge in [-0.15, -0.1) is 0 Å². The Kier molecular flexibility index (Phi) is 14.4. The second-order valence-electron chi connectivity index (χ2n) is 8.95. The SMILES string of the molecule is CCCCCCCCCCCCCCCCNc1ncnc(Nc2cc(Cl)ccc2Cl)c1[N+](=O)[O-]. The van der Waals surface area contributed by atoms with E-state index in [9.17, 15) is 10.1 Å². The predicted molar refractivity (Wildman–Crippen MR) is 147 cm³/mol. The third-order valence-corrected chi connectivity index (χ3v) is 6.57. The van der Waals surface area contributed by atoms with E-state index < -0.39 is 4.92 Å². The lowest BCUT2D eigenvalue weighted by Gasteiger charge is -2.11. The number of nitrogens with one attached hydrogen (secondary N) is 2. The summed E-state index contributed by atoms with van der Waals surface area (Å²) in [7, 11) is 0. The first kappa shape index (κ1) is 29.1. The highest BCUT2D eigenvalue weighted by molar-refractivity contribution is 6.35. The molecule has 2 aromatic rings. The third kappa shape index (κ3) is 11.4. The van der Waals surface area contributed by atoms with Crippen LogP contribution in [0.1, 0.15) is 96.8 Å². The van der Waals surface area contributed by atoms with E-state index in [2.05, 4.69) is 27.5 Å². The van der Waals surface area contributed by atoms with E-state index >= 15 is 0 Å². The Morgan fingerprint density at radius 2 is 1.37 bits per heavy atom. The van der Waals surface area contributed by atoms with Crippen molar-refractivity contribution in [1.82, 2.24) is 9.97 Å². The summed E-state index contributed by atoms with van der Waals surface area (Å²) < 4.78 is 0. The molecule has 0 aliphatic carbocycles. The lowest BCUT2D eigenvalue weighted by molar-refractivity contribution is -0.383. The molecule has 194 valence electrons. The van der Waals surface area contributed by atoms with Crippen LogP contribution in [0, 0.1) is 10.1 Å². The molecule has 0 aliphatic heterocycles. The summed E-state index contributed by atoms with van der Waals surface area (Å²) in [5, 5.41) is 18.6. The Hall–Kier alpha value is -2.12. The van der Waals surface area contributed by atoms with Crippen LogP contribution >= 0.6 is 23.2 Å². The van der Waals surface area contributed by atoms with Gasteiger partial charge in [0.2, 0.25) is 11.6 Å². The van der Waals surface area contributed by atoms with E-state index in [1.807, 2.05) is 0 Å². The fraction of sp³-hybridized carbons (Fsp3) is 0.615. The maximum Gasteiger partial charge on any atom is 0.353 e. The van der Waals surface area contributed by atoms with Crippen LogP contribution < -0.4 is 10.6 Å². The quantitative estimate of drug-likeness (QED) is 0.108. The van der Waals surface area contributed by atoms with E-state index in [4.69, 9.17) is 23.2 Å². The summed E-state index contributed by atoms with van der Waals surface area (Å²) in [5.74, 6) is 0.262. The van der Waals surface area contributed by atoms with Crippen LogP contribution in [0.3, 0.4) is 0 Å². The average molecular weight is 525 g/mol. The molecule has 0 radical (unpaired) electrons. The first-order chi connectivity index (χ1) is 17.0. The summed E-state index contributed by atoms with van der Waals surface area (Å²) in [4.78, 5) is 19.4. The minimum Gasteiger partial charge on any atom is -0.364 e.